The van der Waals surface area contributed by atoms with E-state index in [4.69, 9.17) is 0 Å². The van der Waals surface area contributed by atoms with E-state index in [1.807, 2.05) is 0 Å². The van der Waals surface area contributed by atoms with Gasteiger partial charge in [-0.05, 0) is 17.7 Å². The molecule has 0 nitrogen and oxygen atoms in total. The van der Waals surface area contributed by atoms with E-state index in [-0.39, 0.29) is 5.82 Å². The number of rotatable bonds is 2. The van der Waals surface area contributed by atoms with E-state index in [0.29, 0.717) is 0 Å². The van der Waals surface area contributed by atoms with Gasteiger partial charge in [-0.15, -0.1) is 0 Å². The summed E-state index contributed by atoms with van der Waals surface area (Å²) in [6.07, 6.45) is 0. The van der Waals surface area contributed by atoms with Crippen LogP contribution >= 0.6 is 0 Å². The topological polar surface area (TPSA) is 0 Å². The first-order valence-corrected chi connectivity index (χ1v) is 3.88. The molecule has 0 unspecified atom stereocenters. The van der Waals surface area contributed by atoms with Gasteiger partial charge in [-0.25, -0.2) is 4.39 Å². The average Bonchev–Trinajstić information content (AvgIpc) is 2.05. The van der Waals surface area contributed by atoms with E-state index in [2.05, 4.69) is 0 Å². The third-order valence-corrected chi connectivity index (χ3v) is 1.96. The molecule has 66 valence electrons. The Kier molecular flexibility index (Phi) is 2.46. The summed E-state index contributed by atoms with van der Waals surface area (Å²) < 4.78 is 24.9. The minimum atomic E-state index is -0.506. The number of alkyl halides is 1. The van der Waals surface area contributed by atoms with Gasteiger partial charge in [0.25, 0.3) is 0 Å². The van der Waals surface area contributed by atoms with Gasteiger partial charge in [0.05, 0.1) is 6.67 Å². The standard InChI is InChI=1S/C10H12F2/c1-10(2,7-11)8-3-5-9(12)6-4-8/h3-6H,7H2,1-2H3. The SMILES string of the molecule is CC(C)(CF)c1ccc(F)cc1. The molecule has 0 aliphatic carbocycles. The van der Waals surface area contributed by atoms with E-state index >= 15 is 0 Å². The van der Waals surface area contributed by atoms with Crippen molar-refractivity contribution >= 4 is 0 Å². The van der Waals surface area contributed by atoms with Gasteiger partial charge in [0.15, 0.2) is 0 Å². The second-order valence-corrected chi connectivity index (χ2v) is 3.52. The highest BCUT2D eigenvalue weighted by Gasteiger charge is 2.19. The van der Waals surface area contributed by atoms with Crippen molar-refractivity contribution in [1.82, 2.24) is 0 Å². The van der Waals surface area contributed by atoms with Crippen molar-refractivity contribution in [3.63, 3.8) is 0 Å². The summed E-state index contributed by atoms with van der Waals surface area (Å²) in [6, 6.07) is 5.95. The number of benzene rings is 1. The Morgan fingerprint density at radius 3 is 2.08 bits per heavy atom. The fourth-order valence-corrected chi connectivity index (χ4v) is 0.978. The largest absolute Gasteiger partial charge is 0.250 e. The van der Waals surface area contributed by atoms with Crippen LogP contribution < -0.4 is 0 Å². The van der Waals surface area contributed by atoms with Gasteiger partial charge in [-0.2, -0.15) is 0 Å². The first-order valence-electron chi connectivity index (χ1n) is 3.88. The van der Waals surface area contributed by atoms with Crippen LogP contribution in [-0.4, -0.2) is 6.67 Å². The number of hydrogen-bond acceptors (Lipinski definition) is 0. The summed E-state index contributed by atoms with van der Waals surface area (Å²) in [7, 11) is 0. The molecule has 0 N–H and O–H groups in total. The van der Waals surface area contributed by atoms with Crippen molar-refractivity contribution in [1.29, 1.82) is 0 Å². The lowest BCUT2D eigenvalue weighted by molar-refractivity contribution is 0.350. The minimum absolute atomic E-state index is 0.284. The summed E-state index contributed by atoms with van der Waals surface area (Å²) >= 11 is 0. The van der Waals surface area contributed by atoms with Crippen LogP contribution in [0, 0.1) is 5.82 Å². The maximum atomic E-state index is 12.5. The molecule has 0 aliphatic rings. The minimum Gasteiger partial charge on any atom is -0.250 e. The molecule has 12 heavy (non-hydrogen) atoms. The second-order valence-electron chi connectivity index (χ2n) is 3.52. The van der Waals surface area contributed by atoms with Gasteiger partial charge in [0, 0.05) is 5.41 Å². The van der Waals surface area contributed by atoms with Crippen LogP contribution in [0.2, 0.25) is 0 Å². The van der Waals surface area contributed by atoms with E-state index in [1.165, 1.54) is 12.1 Å². The fourth-order valence-electron chi connectivity index (χ4n) is 0.978. The molecule has 0 atom stereocenters. The predicted octanol–water partition coefficient (Wildman–Crippen LogP) is 3.07. The molecule has 0 spiro atoms. The van der Waals surface area contributed by atoms with Gasteiger partial charge in [-0.3, -0.25) is 4.39 Å². The smallest absolute Gasteiger partial charge is 0.123 e. The first-order chi connectivity index (χ1) is 5.56. The molecule has 0 saturated carbocycles. The molecule has 1 aromatic carbocycles. The van der Waals surface area contributed by atoms with E-state index in [1.54, 1.807) is 26.0 Å². The highest BCUT2D eigenvalue weighted by Crippen LogP contribution is 2.23. The van der Waals surface area contributed by atoms with Crippen LogP contribution in [0.1, 0.15) is 19.4 Å². The van der Waals surface area contributed by atoms with Crippen LogP contribution in [0.4, 0.5) is 8.78 Å². The van der Waals surface area contributed by atoms with Crippen molar-refractivity contribution in [3.05, 3.63) is 35.6 Å². The highest BCUT2D eigenvalue weighted by atomic mass is 19.1. The van der Waals surface area contributed by atoms with E-state index in [0.717, 1.165) is 5.56 Å². The molecule has 0 radical (unpaired) electrons. The Labute approximate surface area is 71.2 Å². The summed E-state index contributed by atoms with van der Waals surface area (Å²) in [5.74, 6) is -0.284. The Bertz CT molecular complexity index is 249. The molecular formula is C10H12F2. The Hall–Kier alpha value is -0.920. The lowest BCUT2D eigenvalue weighted by Crippen LogP contribution is -2.19. The Balaban J connectivity index is 2.96. The molecule has 1 aromatic rings. The predicted molar refractivity (Wildman–Crippen MR) is 45.4 cm³/mol. The first kappa shape index (κ1) is 9.17. The monoisotopic (exact) mass is 170 g/mol. The quantitative estimate of drug-likeness (QED) is 0.639. The van der Waals surface area contributed by atoms with Crippen LogP contribution in [0.25, 0.3) is 0 Å². The Morgan fingerprint density at radius 2 is 1.67 bits per heavy atom. The van der Waals surface area contributed by atoms with Crippen molar-refractivity contribution in [2.24, 2.45) is 0 Å². The maximum Gasteiger partial charge on any atom is 0.123 e. The zero-order valence-electron chi connectivity index (χ0n) is 7.27. The second kappa shape index (κ2) is 3.21. The van der Waals surface area contributed by atoms with Crippen molar-refractivity contribution in [3.8, 4) is 0 Å². The van der Waals surface area contributed by atoms with Gasteiger partial charge in [0.2, 0.25) is 0 Å². The molecule has 0 amide bonds. The summed E-state index contributed by atoms with van der Waals surface area (Å²) in [4.78, 5) is 0. The summed E-state index contributed by atoms with van der Waals surface area (Å²) in [5, 5.41) is 0. The lowest BCUT2D eigenvalue weighted by Gasteiger charge is -2.20. The molecule has 0 heterocycles. The highest BCUT2D eigenvalue weighted by molar-refractivity contribution is 5.24. The van der Waals surface area contributed by atoms with Crippen LogP contribution in [0.15, 0.2) is 24.3 Å². The van der Waals surface area contributed by atoms with Crippen LogP contribution in [0.5, 0.6) is 0 Å². The molecule has 0 fully saturated rings. The number of halogens is 2. The molecule has 0 aromatic heterocycles. The van der Waals surface area contributed by atoms with Crippen LogP contribution in [0.3, 0.4) is 0 Å². The molecule has 0 aliphatic heterocycles. The van der Waals surface area contributed by atoms with Gasteiger partial charge < -0.3 is 0 Å². The molecule has 2 heteroatoms. The molecule has 1 rings (SSSR count). The zero-order chi connectivity index (χ0) is 9.19. The third kappa shape index (κ3) is 1.81. The normalized spacial score (nSPS) is 11.7. The van der Waals surface area contributed by atoms with Gasteiger partial charge in [-0.1, -0.05) is 26.0 Å². The number of hydrogen-bond donors (Lipinski definition) is 0. The van der Waals surface area contributed by atoms with E-state index in [9.17, 15) is 8.78 Å². The van der Waals surface area contributed by atoms with Crippen molar-refractivity contribution in [2.75, 3.05) is 6.67 Å². The van der Waals surface area contributed by atoms with Crippen molar-refractivity contribution < 1.29 is 8.78 Å². The molecule has 0 saturated heterocycles. The maximum absolute atomic E-state index is 12.5. The molecule has 0 bridgehead atoms. The molecular weight excluding hydrogens is 158 g/mol. The fraction of sp³-hybridized carbons (Fsp3) is 0.400. The lowest BCUT2D eigenvalue weighted by atomic mass is 9.86. The van der Waals surface area contributed by atoms with Crippen LogP contribution in [-0.2, 0) is 5.41 Å². The van der Waals surface area contributed by atoms with Gasteiger partial charge in [0.1, 0.15) is 5.82 Å². The van der Waals surface area contributed by atoms with E-state index < -0.39 is 12.1 Å². The Morgan fingerprint density at radius 1 is 1.17 bits per heavy atom. The average molecular weight is 170 g/mol. The third-order valence-electron chi connectivity index (χ3n) is 1.96. The summed E-state index contributed by atoms with van der Waals surface area (Å²) in [6.45, 7) is 3.15. The zero-order valence-corrected chi connectivity index (χ0v) is 7.27. The summed E-state index contributed by atoms with van der Waals surface area (Å²) in [5.41, 5.74) is 0.319. The van der Waals surface area contributed by atoms with Crippen molar-refractivity contribution in [2.45, 2.75) is 19.3 Å². The van der Waals surface area contributed by atoms with Gasteiger partial charge >= 0.3 is 0 Å².